The second kappa shape index (κ2) is 6.70. The van der Waals surface area contributed by atoms with Crippen LogP contribution in [0.1, 0.15) is 22.4 Å². The topological polar surface area (TPSA) is 128 Å². The van der Waals surface area contributed by atoms with E-state index < -0.39 is 28.7 Å². The highest BCUT2D eigenvalue weighted by atomic mass is 19.4. The van der Waals surface area contributed by atoms with E-state index in [1.807, 2.05) is 0 Å². The number of phenols is 1. The maximum atomic E-state index is 13.0. The molecule has 0 fully saturated rings. The number of H-pyrrole nitrogens is 2. The van der Waals surface area contributed by atoms with Crippen LogP contribution in [0.5, 0.6) is 5.75 Å². The largest absolute Gasteiger partial charge is 0.507 e. The average molecular weight is 445 g/mol. The Bertz CT molecular complexity index is 1480. The van der Waals surface area contributed by atoms with Crippen molar-refractivity contribution in [2.45, 2.75) is 26.2 Å². The number of aromatic amines is 2. The molecule has 0 unspecified atom stereocenters. The minimum absolute atomic E-state index is 0.155. The highest BCUT2D eigenvalue weighted by Gasteiger charge is 2.32. The van der Waals surface area contributed by atoms with Gasteiger partial charge in [-0.05, 0) is 36.8 Å². The van der Waals surface area contributed by atoms with Crippen LogP contribution in [0.25, 0.3) is 22.5 Å². The van der Waals surface area contributed by atoms with Gasteiger partial charge < -0.3 is 19.4 Å². The number of aromatic hydroxyl groups is 1. The van der Waals surface area contributed by atoms with Crippen LogP contribution in [0.4, 0.5) is 19.2 Å². The summed E-state index contributed by atoms with van der Waals surface area (Å²) < 4.78 is 44.7. The number of alkyl halides is 3. The van der Waals surface area contributed by atoms with Gasteiger partial charge in [0, 0.05) is 11.3 Å². The molecule has 9 nitrogen and oxygen atoms in total. The molecule has 0 aliphatic carbocycles. The molecule has 1 aliphatic heterocycles. The maximum Gasteiger partial charge on any atom is 0.416 e. The van der Waals surface area contributed by atoms with Gasteiger partial charge >= 0.3 is 17.9 Å². The number of nitrogens with one attached hydrogen (secondary N) is 2. The third-order valence-electron chi connectivity index (χ3n) is 5.24. The molecule has 5 rings (SSSR count). The zero-order valence-electron chi connectivity index (χ0n) is 16.4. The summed E-state index contributed by atoms with van der Waals surface area (Å²) in [4.78, 5) is 38.5. The maximum absolute atomic E-state index is 13.0. The quantitative estimate of drug-likeness (QED) is 0.433. The number of aryl methyl sites for hydroxylation is 1. The Morgan fingerprint density at radius 2 is 1.91 bits per heavy atom. The molecule has 3 N–H and O–H groups in total. The van der Waals surface area contributed by atoms with Crippen molar-refractivity contribution in [3.63, 3.8) is 0 Å². The number of phenolic OH excluding ortho intramolecular Hbond substituents is 1. The van der Waals surface area contributed by atoms with E-state index in [1.54, 1.807) is 11.0 Å². The summed E-state index contributed by atoms with van der Waals surface area (Å²) in [5.74, 6) is -0.550. The predicted octanol–water partition coefficient (Wildman–Crippen LogP) is 2.82. The fraction of sp³-hybridized carbons (Fsp3) is 0.200. The van der Waals surface area contributed by atoms with Crippen LogP contribution in [0.15, 0.2) is 38.3 Å². The molecular formula is C20H14F3N5O4. The van der Waals surface area contributed by atoms with Crippen LogP contribution >= 0.6 is 0 Å². The molecule has 32 heavy (non-hydrogen) atoms. The standard InChI is InChI=1S/C20H14F3N5O4/c1-8-4-9(20(21,22)23)5-13(29)15(8)11-2-3-14-16(24-11)26-19(32-14)28-6-10-12(7-28)25-18(31)27-17(10)30/h2-5,29H,6-7H2,1H3,(H2,25,27,30,31). The molecule has 12 heteroatoms. The summed E-state index contributed by atoms with van der Waals surface area (Å²) in [6.07, 6.45) is -4.58. The fourth-order valence-corrected chi connectivity index (χ4v) is 3.78. The van der Waals surface area contributed by atoms with Gasteiger partial charge in [-0.25, -0.2) is 9.78 Å². The van der Waals surface area contributed by atoms with Crippen molar-refractivity contribution in [1.29, 1.82) is 0 Å². The summed E-state index contributed by atoms with van der Waals surface area (Å²) in [5.41, 5.74) is -0.129. The first-order chi connectivity index (χ1) is 15.1. The number of fused-ring (bicyclic) bond motifs is 2. The van der Waals surface area contributed by atoms with Gasteiger partial charge in [0.1, 0.15) is 5.75 Å². The molecule has 4 aromatic rings. The smallest absolute Gasteiger partial charge is 0.416 e. The first kappa shape index (κ1) is 19.8. The van der Waals surface area contributed by atoms with Crippen molar-refractivity contribution < 1.29 is 22.7 Å². The number of aromatic nitrogens is 4. The zero-order chi connectivity index (χ0) is 22.8. The van der Waals surface area contributed by atoms with E-state index in [2.05, 4.69) is 19.9 Å². The average Bonchev–Trinajstić information content (AvgIpc) is 3.30. The monoisotopic (exact) mass is 445 g/mol. The van der Waals surface area contributed by atoms with Gasteiger partial charge in [-0.3, -0.25) is 9.78 Å². The molecule has 0 atom stereocenters. The number of rotatable bonds is 2. The minimum Gasteiger partial charge on any atom is -0.507 e. The van der Waals surface area contributed by atoms with E-state index in [0.717, 1.165) is 6.07 Å². The van der Waals surface area contributed by atoms with Crippen molar-refractivity contribution >= 4 is 17.2 Å². The number of hydrogen-bond acceptors (Lipinski definition) is 7. The summed E-state index contributed by atoms with van der Waals surface area (Å²) in [6, 6.07) is 4.81. The number of pyridine rings is 1. The van der Waals surface area contributed by atoms with Crippen molar-refractivity contribution in [1.82, 2.24) is 19.9 Å². The second-order valence-corrected chi connectivity index (χ2v) is 7.42. The normalized spacial score (nSPS) is 13.7. The van der Waals surface area contributed by atoms with Crippen LogP contribution < -0.4 is 16.1 Å². The first-order valence-corrected chi connectivity index (χ1v) is 9.38. The van der Waals surface area contributed by atoms with Crippen molar-refractivity contribution in [2.24, 2.45) is 0 Å². The van der Waals surface area contributed by atoms with E-state index in [-0.39, 0.29) is 41.6 Å². The van der Waals surface area contributed by atoms with Gasteiger partial charge in [0.25, 0.3) is 5.56 Å². The molecular weight excluding hydrogens is 431 g/mol. The van der Waals surface area contributed by atoms with Crippen LogP contribution in [0.3, 0.4) is 0 Å². The summed E-state index contributed by atoms with van der Waals surface area (Å²) in [6.45, 7) is 1.82. The third-order valence-corrected chi connectivity index (χ3v) is 5.24. The summed E-state index contributed by atoms with van der Waals surface area (Å²) >= 11 is 0. The van der Waals surface area contributed by atoms with Gasteiger partial charge in [0.15, 0.2) is 5.58 Å². The number of hydrogen-bond donors (Lipinski definition) is 3. The molecule has 0 spiro atoms. The molecule has 0 saturated carbocycles. The Kier molecular flexibility index (Phi) is 4.16. The highest BCUT2D eigenvalue weighted by molar-refractivity contribution is 5.78. The Labute approximate surface area is 176 Å². The number of oxazole rings is 1. The SMILES string of the molecule is Cc1cc(C(F)(F)F)cc(O)c1-c1ccc2oc(N3Cc4[nH]c(=O)[nH]c(=O)c4C3)nc2n1. The first-order valence-electron chi connectivity index (χ1n) is 9.38. The third kappa shape index (κ3) is 3.20. The summed E-state index contributed by atoms with van der Waals surface area (Å²) in [5, 5.41) is 10.2. The molecule has 0 saturated heterocycles. The van der Waals surface area contributed by atoms with Crippen molar-refractivity contribution in [2.75, 3.05) is 4.90 Å². The van der Waals surface area contributed by atoms with Gasteiger partial charge in [-0.2, -0.15) is 18.2 Å². The van der Waals surface area contributed by atoms with E-state index in [1.165, 1.54) is 13.0 Å². The second-order valence-electron chi connectivity index (χ2n) is 7.42. The number of anilines is 1. The van der Waals surface area contributed by atoms with Gasteiger partial charge in [0.2, 0.25) is 5.65 Å². The Morgan fingerprint density at radius 1 is 1.12 bits per heavy atom. The number of benzene rings is 1. The lowest BCUT2D eigenvalue weighted by molar-refractivity contribution is -0.137. The van der Waals surface area contributed by atoms with Crippen LogP contribution in [0.2, 0.25) is 0 Å². The molecule has 4 heterocycles. The van der Waals surface area contributed by atoms with E-state index in [0.29, 0.717) is 22.9 Å². The van der Waals surface area contributed by atoms with Crippen molar-refractivity contribution in [3.05, 3.63) is 67.5 Å². The number of nitrogens with zero attached hydrogens (tertiary/aromatic N) is 3. The molecule has 1 aromatic carbocycles. The fourth-order valence-electron chi connectivity index (χ4n) is 3.78. The van der Waals surface area contributed by atoms with Gasteiger partial charge in [-0.1, -0.05) is 0 Å². The van der Waals surface area contributed by atoms with E-state index >= 15 is 0 Å². The molecule has 3 aromatic heterocycles. The summed E-state index contributed by atoms with van der Waals surface area (Å²) in [7, 11) is 0. The number of halogens is 3. The van der Waals surface area contributed by atoms with Crippen LogP contribution in [-0.4, -0.2) is 25.0 Å². The lowest BCUT2D eigenvalue weighted by atomic mass is 10.0. The predicted molar refractivity (Wildman–Crippen MR) is 106 cm³/mol. The van der Waals surface area contributed by atoms with Gasteiger partial charge in [0.05, 0.1) is 29.9 Å². The Balaban J connectivity index is 1.52. The molecule has 164 valence electrons. The molecule has 0 radical (unpaired) electrons. The van der Waals surface area contributed by atoms with Crippen LogP contribution in [-0.2, 0) is 19.3 Å². The Hall–Kier alpha value is -4.09. The minimum atomic E-state index is -4.58. The lowest BCUT2D eigenvalue weighted by Crippen LogP contribution is -2.25. The molecule has 0 bridgehead atoms. The van der Waals surface area contributed by atoms with Crippen LogP contribution in [0, 0.1) is 6.92 Å². The van der Waals surface area contributed by atoms with E-state index in [9.17, 15) is 27.9 Å². The molecule has 1 aliphatic rings. The van der Waals surface area contributed by atoms with Crippen molar-refractivity contribution in [3.8, 4) is 17.0 Å². The molecule has 0 amide bonds. The van der Waals surface area contributed by atoms with E-state index in [4.69, 9.17) is 4.42 Å². The Morgan fingerprint density at radius 3 is 2.62 bits per heavy atom. The lowest BCUT2D eigenvalue weighted by Gasteiger charge is -2.13. The van der Waals surface area contributed by atoms with Gasteiger partial charge in [-0.15, -0.1) is 0 Å². The zero-order valence-corrected chi connectivity index (χ0v) is 16.4. The highest BCUT2D eigenvalue weighted by Crippen LogP contribution is 2.39.